The molecule has 0 bridgehead atoms. The zero-order valence-electron chi connectivity index (χ0n) is 9.63. The molecule has 1 aromatic carbocycles. The Balaban J connectivity index is 1.90. The average molecular weight is 291 g/mol. The number of carbonyl (C=O) groups is 1. The molecule has 1 N–H and O–H groups in total. The summed E-state index contributed by atoms with van der Waals surface area (Å²) in [5.74, 6) is -0.192. The number of hydrogen-bond donors (Lipinski definition) is 1. The van der Waals surface area contributed by atoms with E-state index < -0.39 is 6.17 Å². The van der Waals surface area contributed by atoms with Crippen molar-refractivity contribution in [3.8, 4) is 0 Å². The highest BCUT2D eigenvalue weighted by atomic mass is 35.5. The number of hydrogen-bond acceptors (Lipinski definition) is 2. The van der Waals surface area contributed by atoms with Crippen LogP contribution in [0.1, 0.15) is 6.42 Å². The molecular weight excluding hydrogens is 278 g/mol. The van der Waals surface area contributed by atoms with E-state index in [1.165, 1.54) is 0 Å². The minimum absolute atomic E-state index is 0.185. The lowest BCUT2D eigenvalue weighted by molar-refractivity contribution is -0.117. The summed E-state index contributed by atoms with van der Waals surface area (Å²) in [7, 11) is 0. The Hall–Kier alpha value is -0.840. The summed E-state index contributed by atoms with van der Waals surface area (Å²) in [6.45, 7) is 1.12. The van der Waals surface area contributed by atoms with Gasteiger partial charge >= 0.3 is 0 Å². The fraction of sp³-hybridized carbons (Fsp3) is 0.417. The van der Waals surface area contributed by atoms with E-state index in [2.05, 4.69) is 5.32 Å². The maximum absolute atomic E-state index is 12.9. The number of halogens is 3. The third-order valence-corrected chi connectivity index (χ3v) is 3.16. The molecule has 3 nitrogen and oxygen atoms in total. The summed E-state index contributed by atoms with van der Waals surface area (Å²) in [5, 5.41) is 3.62. The van der Waals surface area contributed by atoms with Crippen LogP contribution in [0.4, 0.5) is 10.1 Å². The summed E-state index contributed by atoms with van der Waals surface area (Å²) in [6.07, 6.45) is -0.325. The lowest BCUT2D eigenvalue weighted by Crippen LogP contribution is -2.31. The molecule has 0 saturated carbocycles. The molecule has 1 heterocycles. The predicted molar refractivity (Wildman–Crippen MR) is 71.0 cm³/mol. The van der Waals surface area contributed by atoms with Gasteiger partial charge in [-0.1, -0.05) is 23.2 Å². The molecule has 1 aliphatic rings. The van der Waals surface area contributed by atoms with Gasteiger partial charge in [-0.3, -0.25) is 9.69 Å². The van der Waals surface area contributed by atoms with E-state index in [0.717, 1.165) is 0 Å². The van der Waals surface area contributed by atoms with Crippen molar-refractivity contribution in [2.75, 3.05) is 25.0 Å². The molecule has 1 atom stereocenters. The van der Waals surface area contributed by atoms with Crippen LogP contribution in [0.5, 0.6) is 0 Å². The van der Waals surface area contributed by atoms with Crippen molar-refractivity contribution in [3.63, 3.8) is 0 Å². The molecule has 1 amide bonds. The minimum atomic E-state index is -0.821. The Bertz CT molecular complexity index is 435. The van der Waals surface area contributed by atoms with Crippen molar-refractivity contribution >= 4 is 34.8 Å². The quantitative estimate of drug-likeness (QED) is 0.928. The second-order valence-electron chi connectivity index (χ2n) is 4.33. The second-order valence-corrected chi connectivity index (χ2v) is 5.20. The van der Waals surface area contributed by atoms with Crippen LogP contribution in [0.2, 0.25) is 10.0 Å². The number of anilines is 1. The van der Waals surface area contributed by atoms with Crippen molar-refractivity contribution in [2.24, 2.45) is 0 Å². The molecule has 0 radical (unpaired) electrons. The molecule has 18 heavy (non-hydrogen) atoms. The van der Waals surface area contributed by atoms with Crippen molar-refractivity contribution in [2.45, 2.75) is 12.6 Å². The fourth-order valence-electron chi connectivity index (χ4n) is 1.96. The standard InChI is InChI=1S/C12H13Cl2FN2O/c13-8-3-9(14)5-11(4-8)16-12(18)7-17-2-1-10(15)6-17/h3-5,10H,1-2,6-7H2,(H,16,18). The number of nitrogens with zero attached hydrogens (tertiary/aromatic N) is 1. The SMILES string of the molecule is O=C(CN1CCC(F)C1)Nc1cc(Cl)cc(Cl)c1. The molecule has 0 aromatic heterocycles. The van der Waals surface area contributed by atoms with Crippen LogP contribution in [0.3, 0.4) is 0 Å². The molecule has 98 valence electrons. The van der Waals surface area contributed by atoms with Gasteiger partial charge in [-0.25, -0.2) is 4.39 Å². The topological polar surface area (TPSA) is 32.3 Å². The second kappa shape index (κ2) is 5.87. The Morgan fingerprint density at radius 1 is 1.39 bits per heavy atom. The van der Waals surface area contributed by atoms with E-state index >= 15 is 0 Å². The van der Waals surface area contributed by atoms with Gasteiger partial charge in [0.2, 0.25) is 5.91 Å². The molecule has 1 unspecified atom stereocenters. The first-order valence-corrected chi connectivity index (χ1v) is 6.41. The first kappa shape index (κ1) is 13.6. The highest BCUT2D eigenvalue weighted by Gasteiger charge is 2.23. The summed E-state index contributed by atoms with van der Waals surface area (Å²) in [6, 6.07) is 4.83. The monoisotopic (exact) mass is 290 g/mol. The van der Waals surface area contributed by atoms with Crippen LogP contribution in [-0.4, -0.2) is 36.6 Å². The number of amides is 1. The van der Waals surface area contributed by atoms with Gasteiger partial charge in [0.25, 0.3) is 0 Å². The van der Waals surface area contributed by atoms with Crippen molar-refractivity contribution in [1.82, 2.24) is 4.90 Å². The van der Waals surface area contributed by atoms with Crippen molar-refractivity contribution in [3.05, 3.63) is 28.2 Å². The van der Waals surface area contributed by atoms with Crippen LogP contribution in [0.15, 0.2) is 18.2 Å². The van der Waals surface area contributed by atoms with Crippen LogP contribution >= 0.6 is 23.2 Å². The van der Waals surface area contributed by atoms with Gasteiger partial charge in [0.15, 0.2) is 0 Å². The number of likely N-dealkylation sites (tertiary alicyclic amines) is 1. The van der Waals surface area contributed by atoms with E-state index in [9.17, 15) is 9.18 Å². The molecule has 1 aromatic rings. The van der Waals surface area contributed by atoms with E-state index in [1.54, 1.807) is 23.1 Å². The Morgan fingerprint density at radius 2 is 2.06 bits per heavy atom. The summed E-state index contributed by atoms with van der Waals surface area (Å²) >= 11 is 11.7. The summed E-state index contributed by atoms with van der Waals surface area (Å²) in [4.78, 5) is 13.5. The highest BCUT2D eigenvalue weighted by Crippen LogP contribution is 2.22. The number of rotatable bonds is 3. The molecule has 0 aliphatic carbocycles. The third-order valence-electron chi connectivity index (χ3n) is 2.73. The summed E-state index contributed by atoms with van der Waals surface area (Å²) < 4.78 is 12.9. The van der Waals surface area contributed by atoms with Gasteiger partial charge in [0, 0.05) is 28.8 Å². The molecular formula is C12H13Cl2FN2O. The van der Waals surface area contributed by atoms with Gasteiger partial charge in [-0.15, -0.1) is 0 Å². The van der Waals surface area contributed by atoms with E-state index in [4.69, 9.17) is 23.2 Å². The largest absolute Gasteiger partial charge is 0.325 e. The first-order valence-electron chi connectivity index (χ1n) is 5.65. The molecule has 6 heteroatoms. The highest BCUT2D eigenvalue weighted by molar-refractivity contribution is 6.35. The maximum atomic E-state index is 12.9. The van der Waals surface area contributed by atoms with Gasteiger partial charge < -0.3 is 5.32 Å². The lowest BCUT2D eigenvalue weighted by atomic mass is 10.3. The fourth-order valence-corrected chi connectivity index (χ4v) is 2.48. The lowest BCUT2D eigenvalue weighted by Gasteiger charge is -2.14. The normalized spacial score (nSPS) is 20.1. The minimum Gasteiger partial charge on any atom is -0.325 e. The smallest absolute Gasteiger partial charge is 0.238 e. The van der Waals surface area contributed by atoms with E-state index in [1.807, 2.05) is 0 Å². The zero-order chi connectivity index (χ0) is 13.1. The van der Waals surface area contributed by atoms with E-state index in [-0.39, 0.29) is 12.5 Å². The van der Waals surface area contributed by atoms with Gasteiger partial charge in [-0.05, 0) is 24.6 Å². The number of alkyl halides is 1. The number of carbonyl (C=O) groups excluding carboxylic acids is 1. The molecule has 1 fully saturated rings. The molecule has 2 rings (SSSR count). The Labute approximate surface area is 115 Å². The van der Waals surface area contributed by atoms with Gasteiger partial charge in [-0.2, -0.15) is 0 Å². The maximum Gasteiger partial charge on any atom is 0.238 e. The molecule has 0 spiro atoms. The van der Waals surface area contributed by atoms with Gasteiger partial charge in [0.05, 0.1) is 6.54 Å². The molecule has 1 aliphatic heterocycles. The van der Waals surface area contributed by atoms with Crippen LogP contribution in [-0.2, 0) is 4.79 Å². The Kier molecular flexibility index (Phi) is 4.43. The third kappa shape index (κ3) is 3.83. The van der Waals surface area contributed by atoms with Crippen LogP contribution in [0.25, 0.3) is 0 Å². The van der Waals surface area contributed by atoms with Gasteiger partial charge in [0.1, 0.15) is 6.17 Å². The molecule has 1 saturated heterocycles. The number of benzene rings is 1. The van der Waals surface area contributed by atoms with E-state index in [0.29, 0.717) is 35.2 Å². The zero-order valence-corrected chi connectivity index (χ0v) is 11.1. The Morgan fingerprint density at radius 3 is 2.61 bits per heavy atom. The predicted octanol–water partition coefficient (Wildman–Crippen LogP) is 2.98. The van der Waals surface area contributed by atoms with Crippen LogP contribution < -0.4 is 5.32 Å². The van der Waals surface area contributed by atoms with Crippen molar-refractivity contribution in [1.29, 1.82) is 0 Å². The van der Waals surface area contributed by atoms with Crippen LogP contribution in [0, 0.1) is 0 Å². The van der Waals surface area contributed by atoms with Crippen molar-refractivity contribution < 1.29 is 9.18 Å². The average Bonchev–Trinajstić information content (AvgIpc) is 2.61. The summed E-state index contributed by atoms with van der Waals surface area (Å²) in [5.41, 5.74) is 0.550. The number of nitrogens with one attached hydrogen (secondary N) is 1. The first-order chi connectivity index (χ1) is 8.52.